The van der Waals surface area contributed by atoms with Crippen molar-refractivity contribution in [3.8, 4) is 11.5 Å². The van der Waals surface area contributed by atoms with E-state index < -0.39 is 11.8 Å². The Kier molecular flexibility index (Phi) is 6.53. The maximum absolute atomic E-state index is 11.7. The van der Waals surface area contributed by atoms with Crippen molar-refractivity contribution in [3.63, 3.8) is 0 Å². The number of rotatable bonds is 6. The number of nitrogens with one attached hydrogen (secondary N) is 2. The van der Waals surface area contributed by atoms with E-state index in [0.717, 1.165) is 22.6 Å². The van der Waals surface area contributed by atoms with E-state index in [1.807, 2.05) is 0 Å². The van der Waals surface area contributed by atoms with Crippen LogP contribution in [0.2, 0.25) is 0 Å². The average molecular weight is 341 g/mol. The van der Waals surface area contributed by atoms with Crippen LogP contribution in [0.25, 0.3) is 0 Å². The van der Waals surface area contributed by atoms with Crippen LogP contribution in [-0.4, -0.2) is 32.2 Å². The molecular weight excluding hydrogens is 322 g/mol. The molecule has 25 heavy (non-hydrogen) atoms. The minimum atomic E-state index is -0.835. The number of carbonyl (C=O) groups excluding carboxylic acids is 2. The summed E-state index contributed by atoms with van der Waals surface area (Å²) in [7, 11) is 3.15. The van der Waals surface area contributed by atoms with Gasteiger partial charge in [-0.2, -0.15) is 5.10 Å². The molecule has 2 N–H and O–H groups in total. The molecule has 0 fully saturated rings. The zero-order chi connectivity index (χ0) is 18.1. The Morgan fingerprint density at radius 2 is 1.48 bits per heavy atom. The summed E-state index contributed by atoms with van der Waals surface area (Å²) in [6, 6.07) is 14.3. The van der Waals surface area contributed by atoms with Gasteiger partial charge in [0.15, 0.2) is 0 Å². The van der Waals surface area contributed by atoms with Gasteiger partial charge in [0.05, 0.1) is 20.4 Å². The molecule has 0 radical (unpaired) electrons. The van der Waals surface area contributed by atoms with Crippen molar-refractivity contribution in [2.75, 3.05) is 14.2 Å². The highest BCUT2D eigenvalue weighted by atomic mass is 16.5. The molecule has 7 heteroatoms. The lowest BCUT2D eigenvalue weighted by atomic mass is 10.2. The second-order valence-electron chi connectivity index (χ2n) is 5.00. The highest BCUT2D eigenvalue weighted by molar-refractivity contribution is 6.35. The van der Waals surface area contributed by atoms with Gasteiger partial charge in [0.25, 0.3) is 0 Å². The molecule has 2 amide bonds. The Bertz CT molecular complexity index is 740. The number of hydrogen-bond donors (Lipinski definition) is 2. The summed E-state index contributed by atoms with van der Waals surface area (Å²) in [5.74, 6) is -0.152. The summed E-state index contributed by atoms with van der Waals surface area (Å²) in [5, 5.41) is 6.27. The standard InChI is InChI=1S/C18H19N3O4/c1-24-15-7-3-13(4-8-15)11-19-17(22)18(23)21-20-12-14-5-9-16(25-2)10-6-14/h3-10,12H,11H2,1-2H3,(H,19,22)(H,21,23)/b20-12-. The summed E-state index contributed by atoms with van der Waals surface area (Å²) in [5.41, 5.74) is 3.80. The molecule has 0 saturated carbocycles. The Balaban J connectivity index is 1.78. The van der Waals surface area contributed by atoms with Crippen molar-refractivity contribution >= 4 is 18.0 Å². The quantitative estimate of drug-likeness (QED) is 0.473. The van der Waals surface area contributed by atoms with Crippen LogP contribution in [0.5, 0.6) is 11.5 Å². The normalized spacial score (nSPS) is 10.3. The molecule has 0 aliphatic rings. The molecule has 0 unspecified atom stereocenters. The van der Waals surface area contributed by atoms with Crippen molar-refractivity contribution in [3.05, 3.63) is 59.7 Å². The lowest BCUT2D eigenvalue weighted by Crippen LogP contribution is -2.37. The molecule has 0 aliphatic heterocycles. The molecule has 2 aromatic rings. The van der Waals surface area contributed by atoms with Crippen LogP contribution in [0.1, 0.15) is 11.1 Å². The van der Waals surface area contributed by atoms with E-state index in [9.17, 15) is 9.59 Å². The molecule has 0 heterocycles. The SMILES string of the molecule is COc1ccc(/C=N\NC(=O)C(=O)NCc2ccc(OC)cc2)cc1. The van der Waals surface area contributed by atoms with Crippen molar-refractivity contribution in [1.29, 1.82) is 0 Å². The third-order valence-corrected chi connectivity index (χ3v) is 3.31. The minimum absolute atomic E-state index is 0.235. The molecule has 0 aliphatic carbocycles. The number of hydrazone groups is 1. The third-order valence-electron chi connectivity index (χ3n) is 3.31. The second-order valence-corrected chi connectivity index (χ2v) is 5.00. The fraction of sp³-hybridized carbons (Fsp3) is 0.167. The van der Waals surface area contributed by atoms with E-state index in [1.165, 1.54) is 6.21 Å². The van der Waals surface area contributed by atoms with Gasteiger partial charge in [-0.25, -0.2) is 5.43 Å². The van der Waals surface area contributed by atoms with Gasteiger partial charge in [-0.15, -0.1) is 0 Å². The molecule has 0 spiro atoms. The van der Waals surface area contributed by atoms with E-state index in [-0.39, 0.29) is 6.54 Å². The van der Waals surface area contributed by atoms with Crippen molar-refractivity contribution in [2.24, 2.45) is 5.10 Å². The molecule has 0 bridgehead atoms. The van der Waals surface area contributed by atoms with Crippen LogP contribution < -0.4 is 20.2 Å². The van der Waals surface area contributed by atoms with Crippen LogP contribution in [0.15, 0.2) is 53.6 Å². The van der Waals surface area contributed by atoms with Crippen LogP contribution in [0.3, 0.4) is 0 Å². The van der Waals surface area contributed by atoms with E-state index in [2.05, 4.69) is 15.8 Å². The summed E-state index contributed by atoms with van der Waals surface area (Å²) in [6.45, 7) is 0.235. The minimum Gasteiger partial charge on any atom is -0.497 e. The molecule has 2 rings (SSSR count). The third kappa shape index (κ3) is 5.65. The van der Waals surface area contributed by atoms with Crippen LogP contribution in [-0.2, 0) is 16.1 Å². The van der Waals surface area contributed by atoms with Gasteiger partial charge in [-0.1, -0.05) is 12.1 Å². The van der Waals surface area contributed by atoms with Gasteiger partial charge in [-0.05, 0) is 47.5 Å². The van der Waals surface area contributed by atoms with E-state index in [0.29, 0.717) is 0 Å². The van der Waals surface area contributed by atoms with Crippen molar-refractivity contribution in [2.45, 2.75) is 6.54 Å². The Hall–Kier alpha value is -3.35. The largest absolute Gasteiger partial charge is 0.497 e. The van der Waals surface area contributed by atoms with Gasteiger partial charge in [0.2, 0.25) is 0 Å². The highest BCUT2D eigenvalue weighted by Crippen LogP contribution is 2.11. The first-order chi connectivity index (χ1) is 12.1. The van der Waals surface area contributed by atoms with Crippen LogP contribution in [0, 0.1) is 0 Å². The second kappa shape index (κ2) is 9.07. The van der Waals surface area contributed by atoms with Gasteiger partial charge < -0.3 is 14.8 Å². The van der Waals surface area contributed by atoms with Crippen LogP contribution >= 0.6 is 0 Å². The predicted molar refractivity (Wildman–Crippen MR) is 93.6 cm³/mol. The highest BCUT2D eigenvalue weighted by Gasteiger charge is 2.11. The molecule has 7 nitrogen and oxygen atoms in total. The fourth-order valence-electron chi connectivity index (χ4n) is 1.91. The number of amides is 2. The van der Waals surface area contributed by atoms with Crippen molar-refractivity contribution < 1.29 is 19.1 Å². The van der Waals surface area contributed by atoms with E-state index in [1.54, 1.807) is 62.8 Å². The Labute approximate surface area is 145 Å². The molecule has 130 valence electrons. The average Bonchev–Trinajstić information content (AvgIpc) is 2.66. The molecule has 2 aromatic carbocycles. The van der Waals surface area contributed by atoms with Gasteiger partial charge in [0, 0.05) is 6.54 Å². The number of benzene rings is 2. The lowest BCUT2D eigenvalue weighted by Gasteiger charge is -2.05. The van der Waals surface area contributed by atoms with Crippen LogP contribution in [0.4, 0.5) is 0 Å². The number of ether oxygens (including phenoxy) is 2. The first-order valence-corrected chi connectivity index (χ1v) is 7.50. The Morgan fingerprint density at radius 3 is 2.04 bits per heavy atom. The summed E-state index contributed by atoms with van der Waals surface area (Å²) < 4.78 is 10.1. The summed E-state index contributed by atoms with van der Waals surface area (Å²) >= 11 is 0. The molecule has 0 aromatic heterocycles. The molecular formula is C18H19N3O4. The lowest BCUT2D eigenvalue weighted by molar-refractivity contribution is -0.139. The zero-order valence-corrected chi connectivity index (χ0v) is 14.0. The maximum atomic E-state index is 11.7. The predicted octanol–water partition coefficient (Wildman–Crippen LogP) is 1.47. The van der Waals surface area contributed by atoms with Gasteiger partial charge >= 0.3 is 11.8 Å². The number of nitrogens with zero attached hydrogens (tertiary/aromatic N) is 1. The summed E-state index contributed by atoms with van der Waals surface area (Å²) in [6.07, 6.45) is 1.44. The fourth-order valence-corrected chi connectivity index (χ4v) is 1.91. The Morgan fingerprint density at radius 1 is 0.920 bits per heavy atom. The number of methoxy groups -OCH3 is 2. The van der Waals surface area contributed by atoms with Crippen molar-refractivity contribution in [1.82, 2.24) is 10.7 Å². The summed E-state index contributed by atoms with van der Waals surface area (Å²) in [4.78, 5) is 23.4. The number of hydrogen-bond acceptors (Lipinski definition) is 5. The zero-order valence-electron chi connectivity index (χ0n) is 14.0. The number of carbonyl (C=O) groups is 2. The first-order valence-electron chi connectivity index (χ1n) is 7.50. The van der Waals surface area contributed by atoms with E-state index >= 15 is 0 Å². The van der Waals surface area contributed by atoms with Gasteiger partial charge in [0.1, 0.15) is 11.5 Å². The van der Waals surface area contributed by atoms with E-state index in [4.69, 9.17) is 9.47 Å². The smallest absolute Gasteiger partial charge is 0.329 e. The maximum Gasteiger partial charge on any atom is 0.329 e. The first kappa shape index (κ1) is 18.0. The monoisotopic (exact) mass is 341 g/mol. The molecule has 0 atom stereocenters. The van der Waals surface area contributed by atoms with Gasteiger partial charge in [-0.3, -0.25) is 9.59 Å². The topological polar surface area (TPSA) is 89.0 Å². The molecule has 0 saturated heterocycles.